The topological polar surface area (TPSA) is 26.5 Å². The molecule has 1 aliphatic carbocycles. The molecule has 1 unspecified atom stereocenters. The van der Waals surface area contributed by atoms with Gasteiger partial charge in [-0.1, -0.05) is 37.6 Å². The predicted octanol–water partition coefficient (Wildman–Crippen LogP) is 4.13. The van der Waals surface area contributed by atoms with Gasteiger partial charge in [0.2, 0.25) is 0 Å². The lowest BCUT2D eigenvalue weighted by Crippen LogP contribution is -2.22. The fourth-order valence-corrected chi connectivity index (χ4v) is 4.35. The maximum Gasteiger partial charge on any atom is 0.185 e. The number of thiazole rings is 1. The van der Waals surface area contributed by atoms with E-state index < -0.39 is 0 Å². The highest BCUT2D eigenvalue weighted by atomic mass is 32.1. The molecule has 0 N–H and O–H groups in total. The van der Waals surface area contributed by atoms with Crippen molar-refractivity contribution in [2.45, 2.75) is 51.6 Å². The molecule has 4 heteroatoms. The minimum atomic E-state index is 0.307. The van der Waals surface area contributed by atoms with Crippen LogP contribution in [0.5, 0.6) is 0 Å². The normalized spacial score (nSPS) is 18.2. The van der Waals surface area contributed by atoms with Gasteiger partial charge in [-0.3, -0.25) is 4.99 Å². The minimum Gasteiger partial charge on any atom is -0.383 e. The van der Waals surface area contributed by atoms with Crippen LogP contribution in [0.2, 0.25) is 0 Å². The highest BCUT2D eigenvalue weighted by Gasteiger charge is 2.19. The number of aryl methyl sites for hydroxylation is 2. The Kier molecular flexibility index (Phi) is 5.68. The summed E-state index contributed by atoms with van der Waals surface area (Å²) >= 11 is 1.78. The van der Waals surface area contributed by atoms with Crippen molar-refractivity contribution in [3.8, 4) is 0 Å². The van der Waals surface area contributed by atoms with E-state index in [1.54, 1.807) is 18.4 Å². The van der Waals surface area contributed by atoms with E-state index in [0.717, 1.165) is 37.2 Å². The summed E-state index contributed by atoms with van der Waals surface area (Å²) in [6.07, 6.45) is 5.85. The fraction of sp³-hybridized carbons (Fsp3) is 0.526. The van der Waals surface area contributed by atoms with Gasteiger partial charge >= 0.3 is 0 Å². The summed E-state index contributed by atoms with van der Waals surface area (Å²) in [5.74, 6) is 0. The van der Waals surface area contributed by atoms with Crippen LogP contribution in [0.1, 0.15) is 49.0 Å². The number of hydrogen-bond donors (Lipinski definition) is 0. The van der Waals surface area contributed by atoms with E-state index in [0.29, 0.717) is 6.04 Å². The van der Waals surface area contributed by atoms with Crippen LogP contribution in [0.3, 0.4) is 0 Å². The van der Waals surface area contributed by atoms with Crippen LogP contribution >= 0.6 is 11.3 Å². The predicted molar refractivity (Wildman–Crippen MR) is 95.9 cm³/mol. The first-order chi connectivity index (χ1) is 11.3. The van der Waals surface area contributed by atoms with Crippen molar-refractivity contribution in [2.24, 2.45) is 4.99 Å². The van der Waals surface area contributed by atoms with Gasteiger partial charge in [0.05, 0.1) is 12.6 Å². The zero-order valence-corrected chi connectivity index (χ0v) is 14.9. The van der Waals surface area contributed by atoms with Crippen molar-refractivity contribution in [2.75, 3.05) is 13.7 Å². The van der Waals surface area contributed by atoms with Gasteiger partial charge in [-0.05, 0) is 36.8 Å². The second-order valence-corrected chi connectivity index (χ2v) is 6.98. The average molecular weight is 330 g/mol. The number of rotatable bonds is 6. The molecular weight excluding hydrogens is 304 g/mol. The molecule has 23 heavy (non-hydrogen) atoms. The Labute approximate surface area is 142 Å². The number of hydrogen-bond acceptors (Lipinski definition) is 3. The lowest BCUT2D eigenvalue weighted by molar-refractivity contribution is 0.185. The quantitative estimate of drug-likeness (QED) is 0.782. The molecule has 3 rings (SSSR count). The van der Waals surface area contributed by atoms with Crippen LogP contribution in [0.4, 0.5) is 0 Å². The third-order valence-corrected chi connectivity index (χ3v) is 5.43. The molecule has 2 aromatic rings. The monoisotopic (exact) mass is 330 g/mol. The Hall–Kier alpha value is -1.39. The number of fused-ring (bicyclic) bond motifs is 1. The van der Waals surface area contributed by atoms with Gasteiger partial charge in [0.15, 0.2) is 4.80 Å². The minimum absolute atomic E-state index is 0.307. The van der Waals surface area contributed by atoms with Gasteiger partial charge in [-0.2, -0.15) is 0 Å². The van der Waals surface area contributed by atoms with Crippen molar-refractivity contribution in [3.63, 3.8) is 0 Å². The molecule has 0 spiro atoms. The van der Waals surface area contributed by atoms with E-state index in [1.807, 2.05) is 0 Å². The van der Waals surface area contributed by atoms with Crippen LogP contribution in [-0.4, -0.2) is 18.3 Å². The van der Waals surface area contributed by atoms with Gasteiger partial charge < -0.3 is 9.30 Å². The van der Waals surface area contributed by atoms with Crippen LogP contribution in [0.25, 0.3) is 0 Å². The number of ether oxygens (including phenoxy) is 1. The molecule has 1 aromatic heterocycles. The molecular formula is C19H26N2OS. The number of aromatic nitrogens is 1. The third kappa shape index (κ3) is 3.75. The molecule has 0 radical (unpaired) electrons. The number of nitrogens with zero attached hydrogens (tertiary/aromatic N) is 2. The molecule has 0 saturated heterocycles. The van der Waals surface area contributed by atoms with Gasteiger partial charge in [-0.15, -0.1) is 11.3 Å². The molecule has 0 amide bonds. The Morgan fingerprint density at radius 3 is 3.04 bits per heavy atom. The van der Waals surface area contributed by atoms with E-state index >= 15 is 0 Å². The van der Waals surface area contributed by atoms with E-state index in [2.05, 4.69) is 41.1 Å². The summed E-state index contributed by atoms with van der Waals surface area (Å²) in [5.41, 5.74) is 4.28. The van der Waals surface area contributed by atoms with Gasteiger partial charge in [0.25, 0.3) is 0 Å². The number of methoxy groups -OCH3 is 1. The van der Waals surface area contributed by atoms with Crippen LogP contribution in [-0.2, 0) is 24.1 Å². The fourth-order valence-electron chi connectivity index (χ4n) is 3.34. The summed E-state index contributed by atoms with van der Waals surface area (Å²) in [6, 6.07) is 9.10. The zero-order valence-electron chi connectivity index (χ0n) is 14.1. The molecule has 0 aliphatic heterocycles. The summed E-state index contributed by atoms with van der Waals surface area (Å²) in [6.45, 7) is 3.86. The van der Waals surface area contributed by atoms with Crippen molar-refractivity contribution >= 4 is 11.3 Å². The van der Waals surface area contributed by atoms with E-state index in [4.69, 9.17) is 9.73 Å². The summed E-state index contributed by atoms with van der Waals surface area (Å²) in [4.78, 5) is 6.29. The Morgan fingerprint density at radius 2 is 2.22 bits per heavy atom. The Balaban J connectivity index is 1.96. The first kappa shape index (κ1) is 16.5. The van der Waals surface area contributed by atoms with E-state index in [9.17, 15) is 0 Å². The lowest BCUT2D eigenvalue weighted by atomic mass is 9.88. The van der Waals surface area contributed by atoms with E-state index in [1.165, 1.54) is 29.7 Å². The van der Waals surface area contributed by atoms with Crippen LogP contribution in [0.15, 0.2) is 34.6 Å². The first-order valence-corrected chi connectivity index (χ1v) is 9.49. The highest BCUT2D eigenvalue weighted by molar-refractivity contribution is 7.07. The van der Waals surface area contributed by atoms with Crippen molar-refractivity contribution in [1.29, 1.82) is 0 Å². The number of benzene rings is 1. The molecule has 124 valence electrons. The average Bonchev–Trinajstić information content (AvgIpc) is 2.95. The highest BCUT2D eigenvalue weighted by Crippen LogP contribution is 2.32. The smallest absolute Gasteiger partial charge is 0.185 e. The second-order valence-electron chi connectivity index (χ2n) is 6.14. The zero-order chi connectivity index (χ0) is 16.1. The summed E-state index contributed by atoms with van der Waals surface area (Å²) in [5, 5.41) is 2.27. The summed E-state index contributed by atoms with van der Waals surface area (Å²) < 4.78 is 7.65. The Morgan fingerprint density at radius 1 is 1.35 bits per heavy atom. The van der Waals surface area contributed by atoms with Crippen LogP contribution < -0.4 is 4.80 Å². The lowest BCUT2D eigenvalue weighted by Gasteiger charge is -2.22. The SMILES string of the molecule is CCCc1csc(=NC2CCCc3ccccc32)n1CCOC. The molecule has 1 heterocycles. The molecule has 1 aromatic carbocycles. The van der Waals surface area contributed by atoms with Gasteiger partial charge in [0, 0.05) is 24.7 Å². The largest absolute Gasteiger partial charge is 0.383 e. The van der Waals surface area contributed by atoms with Gasteiger partial charge in [-0.25, -0.2) is 0 Å². The summed E-state index contributed by atoms with van der Waals surface area (Å²) in [7, 11) is 1.76. The second kappa shape index (κ2) is 7.93. The standard InChI is InChI=1S/C19H26N2OS/c1-3-7-16-14-23-19(21(16)12-13-22-2)20-18-11-6-9-15-8-4-5-10-17(15)18/h4-5,8,10,14,18H,3,6-7,9,11-13H2,1-2H3. The molecule has 0 fully saturated rings. The molecule has 0 bridgehead atoms. The molecule has 0 saturated carbocycles. The van der Waals surface area contributed by atoms with Gasteiger partial charge in [0.1, 0.15) is 0 Å². The maximum atomic E-state index is 5.29. The Bertz CT molecular complexity index is 701. The van der Waals surface area contributed by atoms with Crippen molar-refractivity contribution < 1.29 is 4.74 Å². The first-order valence-electron chi connectivity index (χ1n) is 8.61. The molecule has 1 aliphatic rings. The van der Waals surface area contributed by atoms with Crippen molar-refractivity contribution in [3.05, 3.63) is 51.3 Å². The molecule has 1 atom stereocenters. The third-order valence-electron chi connectivity index (χ3n) is 4.51. The van der Waals surface area contributed by atoms with Crippen molar-refractivity contribution in [1.82, 2.24) is 4.57 Å². The van der Waals surface area contributed by atoms with Crippen LogP contribution in [0, 0.1) is 0 Å². The molecule has 3 nitrogen and oxygen atoms in total. The van der Waals surface area contributed by atoms with E-state index in [-0.39, 0.29) is 0 Å². The maximum absolute atomic E-state index is 5.29.